The van der Waals surface area contributed by atoms with Crippen LogP contribution in [0.2, 0.25) is 0 Å². The fraction of sp³-hybridized carbons (Fsp3) is 0.167. The molecule has 0 saturated heterocycles. The molecule has 0 unspecified atom stereocenters. The number of rotatable bonds is 2. The molecule has 0 aliphatic rings. The number of nitrogens with zero attached hydrogens (tertiary/aromatic N) is 2. The zero-order chi connectivity index (χ0) is 9.14. The minimum absolute atomic E-state index is 0.114. The SMILES string of the molecule is NCc1cc(Br)cnc1[N+](=O)[O-]. The Morgan fingerprint density at radius 1 is 1.75 bits per heavy atom. The summed E-state index contributed by atoms with van der Waals surface area (Å²) in [5.41, 5.74) is 5.72. The van der Waals surface area contributed by atoms with E-state index in [0.717, 1.165) is 0 Å². The van der Waals surface area contributed by atoms with Crippen molar-refractivity contribution in [1.82, 2.24) is 4.98 Å². The summed E-state index contributed by atoms with van der Waals surface area (Å²) in [4.78, 5) is 13.4. The molecule has 0 aromatic carbocycles. The molecule has 0 fully saturated rings. The Bertz CT molecular complexity index is 316. The van der Waals surface area contributed by atoms with Crippen LogP contribution in [0.15, 0.2) is 16.7 Å². The Morgan fingerprint density at radius 2 is 2.42 bits per heavy atom. The van der Waals surface area contributed by atoms with E-state index < -0.39 is 4.92 Å². The van der Waals surface area contributed by atoms with Crippen molar-refractivity contribution in [2.45, 2.75) is 6.54 Å². The summed E-state index contributed by atoms with van der Waals surface area (Å²) >= 11 is 3.15. The van der Waals surface area contributed by atoms with Crippen LogP contribution >= 0.6 is 15.9 Å². The van der Waals surface area contributed by atoms with Crippen LogP contribution in [0.25, 0.3) is 0 Å². The molecule has 0 aliphatic carbocycles. The van der Waals surface area contributed by atoms with Gasteiger partial charge in [-0.3, -0.25) is 0 Å². The average Bonchev–Trinajstić information content (AvgIpc) is 2.03. The van der Waals surface area contributed by atoms with E-state index in [-0.39, 0.29) is 12.4 Å². The normalized spacial score (nSPS) is 9.83. The monoisotopic (exact) mass is 231 g/mol. The molecule has 0 bridgehead atoms. The van der Waals surface area contributed by atoms with Gasteiger partial charge in [0.1, 0.15) is 0 Å². The molecule has 1 aromatic heterocycles. The maximum atomic E-state index is 10.4. The first-order chi connectivity index (χ1) is 5.65. The second kappa shape index (κ2) is 3.59. The fourth-order valence-electron chi connectivity index (χ4n) is 0.789. The van der Waals surface area contributed by atoms with Gasteiger partial charge < -0.3 is 15.8 Å². The van der Waals surface area contributed by atoms with Crippen molar-refractivity contribution >= 4 is 21.7 Å². The van der Waals surface area contributed by atoms with Crippen molar-refractivity contribution in [1.29, 1.82) is 0 Å². The first-order valence-electron chi connectivity index (χ1n) is 3.14. The third-order valence-corrected chi connectivity index (χ3v) is 1.74. The van der Waals surface area contributed by atoms with E-state index in [1.807, 2.05) is 0 Å². The van der Waals surface area contributed by atoms with Crippen LogP contribution in [-0.2, 0) is 6.54 Å². The van der Waals surface area contributed by atoms with Crippen LogP contribution in [0.5, 0.6) is 0 Å². The zero-order valence-electron chi connectivity index (χ0n) is 6.03. The van der Waals surface area contributed by atoms with Gasteiger partial charge in [-0.15, -0.1) is 0 Å². The lowest BCUT2D eigenvalue weighted by Crippen LogP contribution is -2.03. The molecule has 0 saturated carbocycles. The minimum Gasteiger partial charge on any atom is -0.358 e. The highest BCUT2D eigenvalue weighted by atomic mass is 79.9. The number of halogens is 1. The summed E-state index contributed by atoms with van der Waals surface area (Å²) in [6, 6.07) is 1.59. The third kappa shape index (κ3) is 1.77. The molecule has 6 heteroatoms. The van der Waals surface area contributed by atoms with E-state index in [4.69, 9.17) is 5.73 Å². The number of hydrogen-bond acceptors (Lipinski definition) is 4. The van der Waals surface area contributed by atoms with E-state index in [2.05, 4.69) is 20.9 Å². The summed E-state index contributed by atoms with van der Waals surface area (Å²) in [7, 11) is 0. The van der Waals surface area contributed by atoms with Gasteiger partial charge in [0.2, 0.25) is 0 Å². The highest BCUT2D eigenvalue weighted by Crippen LogP contribution is 2.18. The van der Waals surface area contributed by atoms with E-state index in [1.54, 1.807) is 6.07 Å². The van der Waals surface area contributed by atoms with Gasteiger partial charge in [0.15, 0.2) is 6.20 Å². The van der Waals surface area contributed by atoms with E-state index >= 15 is 0 Å². The molecule has 0 spiro atoms. The summed E-state index contributed by atoms with van der Waals surface area (Å²) in [6.45, 7) is 0.114. The third-order valence-electron chi connectivity index (χ3n) is 1.30. The van der Waals surface area contributed by atoms with Crippen LogP contribution in [0.4, 0.5) is 5.82 Å². The topological polar surface area (TPSA) is 82.0 Å². The average molecular weight is 232 g/mol. The molecule has 1 heterocycles. The van der Waals surface area contributed by atoms with Crippen LogP contribution in [0.3, 0.4) is 0 Å². The lowest BCUT2D eigenvalue weighted by molar-refractivity contribution is -0.390. The van der Waals surface area contributed by atoms with Crippen LogP contribution in [0, 0.1) is 10.1 Å². The van der Waals surface area contributed by atoms with Crippen molar-refractivity contribution in [2.75, 3.05) is 0 Å². The van der Waals surface area contributed by atoms with E-state index in [0.29, 0.717) is 10.0 Å². The molecule has 1 rings (SSSR count). The summed E-state index contributed by atoms with van der Waals surface area (Å²) < 4.78 is 0.688. The maximum Gasteiger partial charge on any atom is 0.367 e. The molecular weight excluding hydrogens is 226 g/mol. The Morgan fingerprint density at radius 3 is 2.92 bits per heavy atom. The van der Waals surface area contributed by atoms with Crippen molar-refractivity contribution in [3.63, 3.8) is 0 Å². The lowest BCUT2D eigenvalue weighted by atomic mass is 10.2. The van der Waals surface area contributed by atoms with Crippen molar-refractivity contribution < 1.29 is 4.92 Å². The Balaban J connectivity index is 3.20. The molecule has 5 nitrogen and oxygen atoms in total. The molecule has 0 radical (unpaired) electrons. The second-order valence-corrected chi connectivity index (χ2v) is 3.01. The van der Waals surface area contributed by atoms with Gasteiger partial charge in [-0.2, -0.15) is 0 Å². The maximum absolute atomic E-state index is 10.4. The summed E-state index contributed by atoms with van der Waals surface area (Å²) in [5.74, 6) is -0.180. The fourth-order valence-corrected chi connectivity index (χ4v) is 1.17. The molecule has 1 aromatic rings. The molecule has 0 amide bonds. The van der Waals surface area contributed by atoms with Crippen molar-refractivity contribution in [3.8, 4) is 0 Å². The van der Waals surface area contributed by atoms with Crippen LogP contribution < -0.4 is 5.73 Å². The minimum atomic E-state index is -0.547. The predicted octanol–water partition coefficient (Wildman–Crippen LogP) is 1.21. The summed E-state index contributed by atoms with van der Waals surface area (Å²) in [5, 5.41) is 10.4. The van der Waals surface area contributed by atoms with E-state index in [1.165, 1.54) is 6.20 Å². The van der Waals surface area contributed by atoms with Gasteiger partial charge in [-0.25, -0.2) is 0 Å². The highest BCUT2D eigenvalue weighted by molar-refractivity contribution is 9.10. The quantitative estimate of drug-likeness (QED) is 0.613. The number of nitrogens with two attached hydrogens (primary N) is 1. The number of nitro groups is 1. The van der Waals surface area contributed by atoms with Crippen molar-refractivity contribution in [2.24, 2.45) is 5.73 Å². The highest BCUT2D eigenvalue weighted by Gasteiger charge is 2.13. The first-order valence-corrected chi connectivity index (χ1v) is 3.93. The number of pyridine rings is 1. The molecule has 2 N–H and O–H groups in total. The molecule has 12 heavy (non-hydrogen) atoms. The Kier molecular flexibility index (Phi) is 2.72. The van der Waals surface area contributed by atoms with Gasteiger partial charge in [0.25, 0.3) is 0 Å². The Labute approximate surface area is 76.9 Å². The zero-order valence-corrected chi connectivity index (χ0v) is 7.61. The van der Waals surface area contributed by atoms with Gasteiger partial charge in [0.05, 0.1) is 10.0 Å². The van der Waals surface area contributed by atoms with Gasteiger partial charge in [-0.05, 0) is 31.9 Å². The van der Waals surface area contributed by atoms with Gasteiger partial charge in [0, 0.05) is 6.54 Å². The first kappa shape index (κ1) is 9.08. The molecule has 0 aliphatic heterocycles. The number of aromatic nitrogens is 1. The lowest BCUT2D eigenvalue weighted by Gasteiger charge is -1.98. The standard InChI is InChI=1S/C6H6BrN3O2/c7-5-1-4(2-8)6(9-3-5)10(11)12/h1,3H,2,8H2. The van der Waals surface area contributed by atoms with Crippen LogP contribution in [-0.4, -0.2) is 9.91 Å². The van der Waals surface area contributed by atoms with Crippen molar-refractivity contribution in [3.05, 3.63) is 32.4 Å². The van der Waals surface area contributed by atoms with E-state index in [9.17, 15) is 10.1 Å². The molecular formula is C6H6BrN3O2. The van der Waals surface area contributed by atoms with Gasteiger partial charge >= 0.3 is 5.82 Å². The largest absolute Gasteiger partial charge is 0.367 e. The second-order valence-electron chi connectivity index (χ2n) is 2.10. The van der Waals surface area contributed by atoms with Crippen LogP contribution in [0.1, 0.15) is 5.56 Å². The predicted molar refractivity (Wildman–Crippen MR) is 46.5 cm³/mol. The van der Waals surface area contributed by atoms with Gasteiger partial charge in [-0.1, -0.05) is 0 Å². The smallest absolute Gasteiger partial charge is 0.358 e. The number of hydrogen-bond donors (Lipinski definition) is 1. The Hall–Kier alpha value is -1.01. The molecule has 0 atom stereocenters. The molecule has 64 valence electrons. The summed E-state index contributed by atoms with van der Waals surface area (Å²) in [6.07, 6.45) is 1.37.